The number of rotatable bonds is 4. The van der Waals surface area contributed by atoms with Crippen molar-refractivity contribution in [2.45, 2.75) is 72.0 Å². The molecule has 0 aromatic carbocycles. The normalized spacial score (nSPS) is 51.0. The van der Waals surface area contributed by atoms with Gasteiger partial charge in [0.15, 0.2) is 5.79 Å². The molecular formula is C18H32O2. The second-order valence-corrected chi connectivity index (χ2v) is 8.06. The summed E-state index contributed by atoms with van der Waals surface area (Å²) < 4.78 is 12.5. The van der Waals surface area contributed by atoms with Gasteiger partial charge < -0.3 is 9.47 Å². The highest BCUT2D eigenvalue weighted by molar-refractivity contribution is 5.06. The van der Waals surface area contributed by atoms with Crippen molar-refractivity contribution in [3.63, 3.8) is 0 Å². The fraction of sp³-hybridized carbons (Fsp3) is 1.00. The Labute approximate surface area is 124 Å². The van der Waals surface area contributed by atoms with Crippen molar-refractivity contribution < 1.29 is 9.47 Å². The van der Waals surface area contributed by atoms with Crippen LogP contribution in [0.4, 0.5) is 0 Å². The minimum absolute atomic E-state index is 0.308. The number of ether oxygens (including phenoxy) is 2. The zero-order valence-corrected chi connectivity index (χ0v) is 13.8. The molecule has 4 unspecified atom stereocenters. The molecule has 3 aliphatic rings. The largest absolute Gasteiger partial charge is 0.350 e. The third-order valence-corrected chi connectivity index (χ3v) is 6.78. The van der Waals surface area contributed by atoms with Gasteiger partial charge in [0.25, 0.3) is 0 Å². The molecular weight excluding hydrogens is 248 g/mol. The molecule has 2 nitrogen and oxygen atoms in total. The first-order chi connectivity index (χ1) is 9.50. The lowest BCUT2D eigenvalue weighted by atomic mass is 9.66. The first-order valence-corrected chi connectivity index (χ1v) is 8.78. The van der Waals surface area contributed by atoms with Gasteiger partial charge in [0, 0.05) is 11.8 Å². The Morgan fingerprint density at radius 2 is 1.75 bits per heavy atom. The Bertz CT molecular complexity index is 341. The maximum atomic E-state index is 6.26. The molecule has 4 atom stereocenters. The summed E-state index contributed by atoms with van der Waals surface area (Å²) in [6, 6.07) is 0. The smallest absolute Gasteiger partial charge is 0.165 e. The highest BCUT2D eigenvalue weighted by Gasteiger charge is 2.59. The van der Waals surface area contributed by atoms with Crippen molar-refractivity contribution in [2.24, 2.45) is 29.1 Å². The highest BCUT2D eigenvalue weighted by Crippen LogP contribution is 2.62. The molecule has 2 heteroatoms. The van der Waals surface area contributed by atoms with Crippen LogP contribution in [0.3, 0.4) is 0 Å². The van der Waals surface area contributed by atoms with Crippen LogP contribution in [0.1, 0.15) is 66.2 Å². The summed E-state index contributed by atoms with van der Waals surface area (Å²) >= 11 is 0. The SMILES string of the molecule is CCCCCC1(C)OCC2(CO1)CC1CC2C(C)C1C. The maximum absolute atomic E-state index is 6.26. The van der Waals surface area contributed by atoms with E-state index in [9.17, 15) is 0 Å². The quantitative estimate of drug-likeness (QED) is 0.699. The van der Waals surface area contributed by atoms with Gasteiger partial charge >= 0.3 is 0 Å². The highest BCUT2D eigenvalue weighted by atomic mass is 16.7. The second kappa shape index (κ2) is 5.28. The van der Waals surface area contributed by atoms with E-state index in [0.717, 1.165) is 43.3 Å². The van der Waals surface area contributed by atoms with Crippen molar-refractivity contribution in [2.75, 3.05) is 13.2 Å². The van der Waals surface area contributed by atoms with Crippen LogP contribution in [0, 0.1) is 29.1 Å². The Morgan fingerprint density at radius 1 is 1.05 bits per heavy atom. The molecule has 1 spiro atoms. The molecule has 2 bridgehead atoms. The summed E-state index contributed by atoms with van der Waals surface area (Å²) in [5.74, 6) is 3.21. The Balaban J connectivity index is 1.59. The van der Waals surface area contributed by atoms with E-state index >= 15 is 0 Å². The van der Waals surface area contributed by atoms with Crippen LogP contribution in [0.15, 0.2) is 0 Å². The van der Waals surface area contributed by atoms with E-state index in [1.54, 1.807) is 0 Å². The molecule has 0 amide bonds. The molecule has 116 valence electrons. The molecule has 2 saturated carbocycles. The summed E-state index contributed by atoms with van der Waals surface area (Å²) in [4.78, 5) is 0. The van der Waals surface area contributed by atoms with Crippen LogP contribution in [0.2, 0.25) is 0 Å². The molecule has 0 radical (unpaired) electrons. The van der Waals surface area contributed by atoms with Crippen molar-refractivity contribution in [3.8, 4) is 0 Å². The van der Waals surface area contributed by atoms with Crippen molar-refractivity contribution in [3.05, 3.63) is 0 Å². The van der Waals surface area contributed by atoms with Gasteiger partial charge in [0.1, 0.15) is 0 Å². The standard InChI is InChI=1S/C18H32O2/c1-5-6-7-8-17(4)19-11-18(12-20-17)10-15-9-16(18)14(3)13(15)2/h13-16H,5-12H2,1-4H3. The van der Waals surface area contributed by atoms with E-state index in [2.05, 4.69) is 27.7 Å². The van der Waals surface area contributed by atoms with Crippen molar-refractivity contribution in [1.82, 2.24) is 0 Å². The molecule has 2 aliphatic carbocycles. The van der Waals surface area contributed by atoms with E-state index in [1.807, 2.05) is 0 Å². The molecule has 0 aromatic heterocycles. The number of hydrogen-bond acceptors (Lipinski definition) is 2. The fourth-order valence-corrected chi connectivity index (χ4v) is 5.15. The fourth-order valence-electron chi connectivity index (χ4n) is 5.15. The van der Waals surface area contributed by atoms with Gasteiger partial charge in [-0.2, -0.15) is 0 Å². The first-order valence-electron chi connectivity index (χ1n) is 8.78. The summed E-state index contributed by atoms with van der Waals surface area (Å²) in [5, 5.41) is 0. The molecule has 0 N–H and O–H groups in total. The lowest BCUT2D eigenvalue weighted by molar-refractivity contribution is -0.308. The lowest BCUT2D eigenvalue weighted by Crippen LogP contribution is -2.52. The van der Waals surface area contributed by atoms with Crippen LogP contribution in [-0.2, 0) is 9.47 Å². The number of fused-ring (bicyclic) bond motifs is 3. The van der Waals surface area contributed by atoms with Crippen LogP contribution in [0.25, 0.3) is 0 Å². The van der Waals surface area contributed by atoms with Gasteiger partial charge in [0.05, 0.1) is 13.2 Å². The molecule has 3 rings (SSSR count). The topological polar surface area (TPSA) is 18.5 Å². The number of unbranched alkanes of at least 4 members (excludes halogenated alkanes) is 2. The Kier molecular flexibility index (Phi) is 3.92. The average Bonchev–Trinajstić information content (AvgIpc) is 2.93. The van der Waals surface area contributed by atoms with Gasteiger partial charge in [-0.05, 0) is 49.9 Å². The maximum Gasteiger partial charge on any atom is 0.165 e. The zero-order valence-electron chi connectivity index (χ0n) is 13.8. The predicted octanol–water partition coefficient (Wildman–Crippen LogP) is 4.63. The monoisotopic (exact) mass is 280 g/mol. The molecule has 0 aromatic rings. The van der Waals surface area contributed by atoms with Gasteiger partial charge in [0.2, 0.25) is 0 Å². The summed E-state index contributed by atoms with van der Waals surface area (Å²) in [5.41, 5.74) is 0.348. The Morgan fingerprint density at radius 3 is 2.30 bits per heavy atom. The van der Waals surface area contributed by atoms with E-state index in [-0.39, 0.29) is 5.79 Å². The second-order valence-electron chi connectivity index (χ2n) is 8.06. The van der Waals surface area contributed by atoms with Crippen LogP contribution < -0.4 is 0 Å². The number of hydrogen-bond donors (Lipinski definition) is 0. The average molecular weight is 280 g/mol. The van der Waals surface area contributed by atoms with E-state index in [1.165, 1.54) is 32.1 Å². The lowest BCUT2D eigenvalue weighted by Gasteiger charge is -2.49. The van der Waals surface area contributed by atoms with Gasteiger partial charge in [-0.3, -0.25) is 0 Å². The van der Waals surface area contributed by atoms with Crippen LogP contribution in [0.5, 0.6) is 0 Å². The minimum Gasteiger partial charge on any atom is -0.350 e. The summed E-state index contributed by atoms with van der Waals surface area (Å²) in [6.45, 7) is 11.2. The van der Waals surface area contributed by atoms with Gasteiger partial charge in [-0.1, -0.05) is 33.6 Å². The molecule has 20 heavy (non-hydrogen) atoms. The third-order valence-electron chi connectivity index (χ3n) is 6.78. The van der Waals surface area contributed by atoms with Crippen LogP contribution >= 0.6 is 0 Å². The molecule has 3 fully saturated rings. The summed E-state index contributed by atoms with van der Waals surface area (Å²) in [6.07, 6.45) is 7.58. The van der Waals surface area contributed by atoms with Gasteiger partial charge in [-0.15, -0.1) is 0 Å². The van der Waals surface area contributed by atoms with Crippen molar-refractivity contribution >= 4 is 0 Å². The van der Waals surface area contributed by atoms with E-state index in [0.29, 0.717) is 5.41 Å². The van der Waals surface area contributed by atoms with Gasteiger partial charge in [-0.25, -0.2) is 0 Å². The zero-order chi connectivity index (χ0) is 14.4. The van der Waals surface area contributed by atoms with Crippen LogP contribution in [-0.4, -0.2) is 19.0 Å². The first kappa shape index (κ1) is 14.8. The summed E-state index contributed by atoms with van der Waals surface area (Å²) in [7, 11) is 0. The Hall–Kier alpha value is -0.0800. The predicted molar refractivity (Wildman–Crippen MR) is 81.4 cm³/mol. The van der Waals surface area contributed by atoms with E-state index in [4.69, 9.17) is 9.47 Å². The molecule has 1 aliphatic heterocycles. The third kappa shape index (κ3) is 2.33. The minimum atomic E-state index is -0.308. The molecule has 1 heterocycles. The molecule has 1 saturated heterocycles. The van der Waals surface area contributed by atoms with Crippen molar-refractivity contribution in [1.29, 1.82) is 0 Å². The van der Waals surface area contributed by atoms with E-state index < -0.39 is 0 Å².